The number of nitrogens with one attached hydrogen (secondary N) is 1. The van der Waals surface area contributed by atoms with Crippen molar-refractivity contribution in [1.29, 1.82) is 0 Å². The zero-order chi connectivity index (χ0) is 20.3. The number of carbonyl (C=O) groups excluding carboxylic acids is 1. The summed E-state index contributed by atoms with van der Waals surface area (Å²) >= 11 is 0. The summed E-state index contributed by atoms with van der Waals surface area (Å²) in [6, 6.07) is 19.2. The highest BCUT2D eigenvalue weighted by molar-refractivity contribution is 5.90. The number of carbonyl (C=O) groups is 1. The SMILES string of the molecule is O=C(CCN(CCc1ccccc1)c1nc(C2CC2)nc2ccccc12)NC1CC1. The second-order valence-electron chi connectivity index (χ2n) is 8.51. The Hall–Kier alpha value is -2.95. The Morgan fingerprint density at radius 2 is 1.70 bits per heavy atom. The van der Waals surface area contributed by atoms with Gasteiger partial charge in [-0.2, -0.15) is 0 Å². The number of rotatable bonds is 9. The number of amides is 1. The molecule has 1 aromatic heterocycles. The van der Waals surface area contributed by atoms with Crippen molar-refractivity contribution in [3.63, 3.8) is 0 Å². The number of hydrogen-bond acceptors (Lipinski definition) is 4. The first-order valence-electron chi connectivity index (χ1n) is 11.1. The van der Waals surface area contributed by atoms with Gasteiger partial charge in [0, 0.05) is 36.9 Å². The molecule has 5 rings (SSSR count). The average Bonchev–Trinajstić information content (AvgIpc) is 3.69. The number of nitrogens with zero attached hydrogens (tertiary/aromatic N) is 3. The monoisotopic (exact) mass is 400 g/mol. The molecule has 30 heavy (non-hydrogen) atoms. The number of para-hydroxylation sites is 1. The van der Waals surface area contributed by atoms with Crippen LogP contribution in [0.5, 0.6) is 0 Å². The van der Waals surface area contributed by atoms with Crippen molar-refractivity contribution in [3.05, 3.63) is 66.0 Å². The summed E-state index contributed by atoms with van der Waals surface area (Å²) in [6.07, 6.45) is 5.98. The Bertz CT molecular complexity index is 1030. The molecule has 0 spiro atoms. The number of anilines is 1. The van der Waals surface area contributed by atoms with Crippen LogP contribution in [0.25, 0.3) is 10.9 Å². The zero-order valence-corrected chi connectivity index (χ0v) is 17.3. The van der Waals surface area contributed by atoms with Gasteiger partial charge in [0.05, 0.1) is 5.52 Å². The highest BCUT2D eigenvalue weighted by atomic mass is 16.1. The molecular weight excluding hydrogens is 372 g/mol. The maximum absolute atomic E-state index is 12.4. The van der Waals surface area contributed by atoms with E-state index >= 15 is 0 Å². The summed E-state index contributed by atoms with van der Waals surface area (Å²) in [5.74, 6) is 2.55. The molecule has 0 radical (unpaired) electrons. The van der Waals surface area contributed by atoms with Crippen LogP contribution < -0.4 is 10.2 Å². The first kappa shape index (κ1) is 19.0. The number of fused-ring (bicyclic) bond motifs is 1. The fourth-order valence-electron chi connectivity index (χ4n) is 3.84. The van der Waals surface area contributed by atoms with Crippen LogP contribution in [0, 0.1) is 0 Å². The van der Waals surface area contributed by atoms with E-state index < -0.39 is 0 Å². The van der Waals surface area contributed by atoms with E-state index in [0.717, 1.165) is 48.4 Å². The third-order valence-electron chi connectivity index (χ3n) is 5.91. The van der Waals surface area contributed by atoms with Gasteiger partial charge in [-0.25, -0.2) is 9.97 Å². The van der Waals surface area contributed by atoms with Gasteiger partial charge in [0.1, 0.15) is 11.6 Å². The molecular formula is C25H28N4O. The molecule has 2 aromatic carbocycles. The first-order valence-corrected chi connectivity index (χ1v) is 11.1. The van der Waals surface area contributed by atoms with Gasteiger partial charge in [0.15, 0.2) is 0 Å². The Morgan fingerprint density at radius 3 is 2.47 bits per heavy atom. The third kappa shape index (κ3) is 4.61. The number of aromatic nitrogens is 2. The lowest BCUT2D eigenvalue weighted by Gasteiger charge is -2.25. The average molecular weight is 401 g/mol. The van der Waals surface area contributed by atoms with Crippen LogP contribution in [-0.4, -0.2) is 35.0 Å². The van der Waals surface area contributed by atoms with Crippen LogP contribution in [0.1, 0.15) is 49.4 Å². The lowest BCUT2D eigenvalue weighted by atomic mass is 10.1. The molecule has 1 heterocycles. The standard InChI is InChI=1S/C25H28N4O/c30-23(26-20-12-13-20)15-17-29(16-14-18-6-2-1-3-7-18)25-21-8-4-5-9-22(21)27-24(28-25)19-10-11-19/h1-9,19-20H,10-17H2,(H,26,30). The Labute approximate surface area is 177 Å². The molecule has 5 nitrogen and oxygen atoms in total. The Balaban J connectivity index is 1.42. The van der Waals surface area contributed by atoms with Gasteiger partial charge >= 0.3 is 0 Å². The summed E-state index contributed by atoms with van der Waals surface area (Å²) in [4.78, 5) is 24.5. The highest BCUT2D eigenvalue weighted by Gasteiger charge is 2.28. The minimum Gasteiger partial charge on any atom is -0.355 e. The van der Waals surface area contributed by atoms with Gasteiger partial charge in [-0.1, -0.05) is 42.5 Å². The second kappa shape index (κ2) is 8.42. The largest absolute Gasteiger partial charge is 0.355 e. The van der Waals surface area contributed by atoms with Gasteiger partial charge in [-0.05, 0) is 49.8 Å². The van der Waals surface area contributed by atoms with Crippen molar-refractivity contribution in [2.75, 3.05) is 18.0 Å². The Kier molecular flexibility index (Phi) is 5.35. The minimum absolute atomic E-state index is 0.142. The third-order valence-corrected chi connectivity index (χ3v) is 5.91. The molecule has 3 aromatic rings. The van der Waals surface area contributed by atoms with Crippen LogP contribution in [0.2, 0.25) is 0 Å². The molecule has 0 bridgehead atoms. The molecule has 154 valence electrons. The van der Waals surface area contributed by atoms with Crippen molar-refractivity contribution in [2.45, 2.75) is 50.5 Å². The normalized spacial score (nSPS) is 15.9. The Morgan fingerprint density at radius 1 is 0.933 bits per heavy atom. The van der Waals surface area contributed by atoms with E-state index in [4.69, 9.17) is 9.97 Å². The molecule has 5 heteroatoms. The van der Waals surface area contributed by atoms with Crippen LogP contribution in [0.3, 0.4) is 0 Å². The molecule has 2 fully saturated rings. The van der Waals surface area contributed by atoms with E-state index in [9.17, 15) is 4.79 Å². The van der Waals surface area contributed by atoms with Crippen LogP contribution in [0.4, 0.5) is 5.82 Å². The number of benzene rings is 2. The van der Waals surface area contributed by atoms with Crippen LogP contribution >= 0.6 is 0 Å². The molecule has 2 saturated carbocycles. The molecule has 0 saturated heterocycles. The summed E-state index contributed by atoms with van der Waals surface area (Å²) in [6.45, 7) is 1.49. The van der Waals surface area contributed by atoms with E-state index in [0.29, 0.717) is 24.9 Å². The minimum atomic E-state index is 0.142. The number of hydrogen-bond donors (Lipinski definition) is 1. The molecule has 0 atom stereocenters. The smallest absolute Gasteiger partial charge is 0.221 e. The summed E-state index contributed by atoms with van der Waals surface area (Å²) in [7, 11) is 0. The van der Waals surface area contributed by atoms with Crippen molar-refractivity contribution in [3.8, 4) is 0 Å². The predicted molar refractivity (Wildman–Crippen MR) is 120 cm³/mol. The van der Waals surface area contributed by atoms with Crippen molar-refractivity contribution in [1.82, 2.24) is 15.3 Å². The van der Waals surface area contributed by atoms with Gasteiger partial charge in [-0.3, -0.25) is 4.79 Å². The van der Waals surface area contributed by atoms with Crippen molar-refractivity contribution >= 4 is 22.6 Å². The van der Waals surface area contributed by atoms with Gasteiger partial charge < -0.3 is 10.2 Å². The van der Waals surface area contributed by atoms with E-state index in [1.807, 2.05) is 18.2 Å². The first-order chi connectivity index (χ1) is 14.8. The van der Waals surface area contributed by atoms with Crippen molar-refractivity contribution < 1.29 is 4.79 Å². The predicted octanol–water partition coefficient (Wildman–Crippen LogP) is 4.23. The highest BCUT2D eigenvalue weighted by Crippen LogP contribution is 2.39. The topological polar surface area (TPSA) is 58.1 Å². The molecule has 2 aliphatic carbocycles. The van der Waals surface area contributed by atoms with E-state index in [1.165, 1.54) is 18.4 Å². The summed E-state index contributed by atoms with van der Waals surface area (Å²) in [5.41, 5.74) is 2.29. The lowest BCUT2D eigenvalue weighted by Crippen LogP contribution is -2.33. The molecule has 1 N–H and O–H groups in total. The summed E-state index contributed by atoms with van der Waals surface area (Å²) < 4.78 is 0. The van der Waals surface area contributed by atoms with Gasteiger partial charge in [0.2, 0.25) is 5.91 Å². The molecule has 0 unspecified atom stereocenters. The fourth-order valence-corrected chi connectivity index (χ4v) is 3.84. The molecule has 2 aliphatic rings. The summed E-state index contributed by atoms with van der Waals surface area (Å²) in [5, 5.41) is 4.18. The quantitative estimate of drug-likeness (QED) is 0.584. The van der Waals surface area contributed by atoms with Gasteiger partial charge in [-0.15, -0.1) is 0 Å². The molecule has 0 aliphatic heterocycles. The van der Waals surface area contributed by atoms with E-state index in [1.54, 1.807) is 0 Å². The molecule has 1 amide bonds. The van der Waals surface area contributed by atoms with Crippen molar-refractivity contribution in [2.24, 2.45) is 0 Å². The maximum Gasteiger partial charge on any atom is 0.221 e. The zero-order valence-electron chi connectivity index (χ0n) is 17.3. The van der Waals surface area contributed by atoms with Crippen LogP contribution in [-0.2, 0) is 11.2 Å². The fraction of sp³-hybridized carbons (Fsp3) is 0.400. The second-order valence-corrected chi connectivity index (χ2v) is 8.51. The lowest BCUT2D eigenvalue weighted by molar-refractivity contribution is -0.121. The van der Waals surface area contributed by atoms with E-state index in [2.05, 4.69) is 46.6 Å². The van der Waals surface area contributed by atoms with Crippen LogP contribution in [0.15, 0.2) is 54.6 Å². The maximum atomic E-state index is 12.4. The van der Waals surface area contributed by atoms with Gasteiger partial charge in [0.25, 0.3) is 0 Å². The van der Waals surface area contributed by atoms with E-state index in [-0.39, 0.29) is 5.91 Å².